The molecule has 0 radical (unpaired) electrons. The van der Waals surface area contributed by atoms with Crippen LogP contribution in [0, 0.1) is 0 Å². The van der Waals surface area contributed by atoms with Crippen LogP contribution in [0.4, 0.5) is 5.69 Å². The van der Waals surface area contributed by atoms with Crippen LogP contribution in [0.5, 0.6) is 0 Å². The van der Waals surface area contributed by atoms with Crippen LogP contribution in [0.3, 0.4) is 0 Å². The van der Waals surface area contributed by atoms with Gasteiger partial charge in [-0.05, 0) is 37.5 Å². The minimum Gasteiger partial charge on any atom is -0.329 e. The number of rotatable bonds is 4. The first-order valence-corrected chi connectivity index (χ1v) is 7.42. The van der Waals surface area contributed by atoms with Gasteiger partial charge < -0.3 is 11.1 Å². The molecule has 4 heteroatoms. The molecule has 0 aliphatic carbocycles. The number of nitrogens with two attached hydrogens (primary N) is 1. The number of amides is 1. The van der Waals surface area contributed by atoms with Crippen LogP contribution in [0.2, 0.25) is 0 Å². The Labute approximate surface area is 121 Å². The van der Waals surface area contributed by atoms with Crippen molar-refractivity contribution in [1.82, 2.24) is 4.90 Å². The zero-order chi connectivity index (χ0) is 14.5. The summed E-state index contributed by atoms with van der Waals surface area (Å²) in [6.07, 6.45) is 3.73. The van der Waals surface area contributed by atoms with E-state index in [1.54, 1.807) is 0 Å². The number of anilines is 1. The van der Waals surface area contributed by atoms with Gasteiger partial charge >= 0.3 is 0 Å². The molecule has 1 saturated heterocycles. The van der Waals surface area contributed by atoms with Crippen molar-refractivity contribution < 1.29 is 4.79 Å². The van der Waals surface area contributed by atoms with Crippen LogP contribution < -0.4 is 11.1 Å². The number of nitrogens with one attached hydrogen (secondary N) is 1. The zero-order valence-corrected chi connectivity index (χ0v) is 12.4. The number of hydrogen-bond acceptors (Lipinski definition) is 3. The van der Waals surface area contributed by atoms with E-state index in [0.29, 0.717) is 12.1 Å². The lowest BCUT2D eigenvalue weighted by Crippen LogP contribution is -2.48. The second-order valence-corrected chi connectivity index (χ2v) is 5.72. The molecule has 0 spiro atoms. The van der Waals surface area contributed by atoms with Crippen molar-refractivity contribution in [2.75, 3.05) is 11.9 Å². The highest BCUT2D eigenvalue weighted by atomic mass is 16.1. The van der Waals surface area contributed by atoms with E-state index in [2.05, 4.69) is 29.3 Å². The maximum atomic E-state index is 11.0. The molecule has 0 bridgehead atoms. The first-order chi connectivity index (χ1) is 9.60. The normalized spacial score (nSPS) is 23.6. The first kappa shape index (κ1) is 15.0. The Balaban J connectivity index is 2.02. The van der Waals surface area contributed by atoms with Gasteiger partial charge in [-0.2, -0.15) is 0 Å². The quantitative estimate of drug-likeness (QED) is 0.887. The molecule has 2 unspecified atom stereocenters. The van der Waals surface area contributed by atoms with Gasteiger partial charge in [0.1, 0.15) is 0 Å². The van der Waals surface area contributed by atoms with Crippen molar-refractivity contribution in [2.45, 2.75) is 51.7 Å². The largest absolute Gasteiger partial charge is 0.329 e. The molecular formula is C16H25N3O. The highest BCUT2D eigenvalue weighted by Crippen LogP contribution is 2.24. The van der Waals surface area contributed by atoms with Crippen molar-refractivity contribution in [1.29, 1.82) is 0 Å². The second kappa shape index (κ2) is 6.86. The van der Waals surface area contributed by atoms with Gasteiger partial charge in [0, 0.05) is 37.8 Å². The average molecular weight is 275 g/mol. The Morgan fingerprint density at radius 3 is 2.65 bits per heavy atom. The molecule has 110 valence electrons. The van der Waals surface area contributed by atoms with E-state index >= 15 is 0 Å². The van der Waals surface area contributed by atoms with Gasteiger partial charge in [0.05, 0.1) is 0 Å². The lowest BCUT2D eigenvalue weighted by atomic mass is 9.95. The monoisotopic (exact) mass is 275 g/mol. The molecule has 1 aromatic rings. The predicted octanol–water partition coefficient (Wildman–Crippen LogP) is 2.35. The fourth-order valence-electron chi connectivity index (χ4n) is 2.99. The molecule has 4 nitrogen and oxygen atoms in total. The summed E-state index contributed by atoms with van der Waals surface area (Å²) in [6, 6.07) is 9.17. The van der Waals surface area contributed by atoms with Crippen LogP contribution in [-0.4, -0.2) is 29.4 Å². The van der Waals surface area contributed by atoms with Crippen molar-refractivity contribution in [3.8, 4) is 0 Å². The highest BCUT2D eigenvalue weighted by molar-refractivity contribution is 5.88. The van der Waals surface area contributed by atoms with Crippen LogP contribution in [0.1, 0.15) is 38.7 Å². The van der Waals surface area contributed by atoms with E-state index in [4.69, 9.17) is 5.73 Å². The summed E-state index contributed by atoms with van der Waals surface area (Å²) in [4.78, 5) is 13.5. The van der Waals surface area contributed by atoms with Crippen LogP contribution >= 0.6 is 0 Å². The maximum absolute atomic E-state index is 11.0. The number of piperidine rings is 1. The topological polar surface area (TPSA) is 58.4 Å². The fraction of sp³-hybridized carbons (Fsp3) is 0.562. The molecule has 1 aliphatic heterocycles. The number of carbonyl (C=O) groups is 1. The van der Waals surface area contributed by atoms with E-state index in [9.17, 15) is 4.79 Å². The predicted molar refractivity (Wildman–Crippen MR) is 82.4 cm³/mol. The van der Waals surface area contributed by atoms with Gasteiger partial charge in [0.25, 0.3) is 0 Å². The Morgan fingerprint density at radius 2 is 2.05 bits per heavy atom. The fourth-order valence-corrected chi connectivity index (χ4v) is 2.99. The third kappa shape index (κ3) is 3.81. The van der Waals surface area contributed by atoms with Crippen molar-refractivity contribution in [2.24, 2.45) is 5.73 Å². The van der Waals surface area contributed by atoms with E-state index < -0.39 is 0 Å². The second-order valence-electron chi connectivity index (χ2n) is 5.72. The average Bonchev–Trinajstić information content (AvgIpc) is 2.42. The third-order valence-corrected chi connectivity index (χ3v) is 4.11. The van der Waals surface area contributed by atoms with Gasteiger partial charge in [0.15, 0.2) is 0 Å². The third-order valence-electron chi connectivity index (χ3n) is 4.11. The molecule has 1 aliphatic rings. The standard InChI is InChI=1S/C16H25N3O/c1-12-4-3-5-16(10-17)19(12)11-14-6-8-15(9-7-14)18-13(2)20/h6-9,12,16H,3-5,10-11,17H2,1-2H3,(H,18,20). The minimum absolute atomic E-state index is 0.0365. The van der Waals surface area contributed by atoms with Gasteiger partial charge in [-0.3, -0.25) is 9.69 Å². The van der Waals surface area contributed by atoms with E-state index in [0.717, 1.165) is 18.8 Å². The number of likely N-dealkylation sites (tertiary alicyclic amines) is 1. The Morgan fingerprint density at radius 1 is 1.35 bits per heavy atom. The molecule has 20 heavy (non-hydrogen) atoms. The number of hydrogen-bond donors (Lipinski definition) is 2. The van der Waals surface area contributed by atoms with E-state index in [1.165, 1.54) is 31.7 Å². The van der Waals surface area contributed by atoms with Crippen molar-refractivity contribution in [3.05, 3.63) is 29.8 Å². The lowest BCUT2D eigenvalue weighted by molar-refractivity contribution is -0.114. The number of nitrogens with zero attached hydrogens (tertiary/aromatic N) is 1. The zero-order valence-electron chi connectivity index (χ0n) is 12.4. The summed E-state index contributed by atoms with van der Waals surface area (Å²) < 4.78 is 0. The summed E-state index contributed by atoms with van der Waals surface area (Å²) >= 11 is 0. The molecule has 1 heterocycles. The van der Waals surface area contributed by atoms with Crippen molar-refractivity contribution >= 4 is 11.6 Å². The van der Waals surface area contributed by atoms with E-state index in [-0.39, 0.29) is 5.91 Å². The Bertz CT molecular complexity index is 444. The van der Waals surface area contributed by atoms with Crippen LogP contribution in [0.15, 0.2) is 24.3 Å². The Hall–Kier alpha value is -1.39. The summed E-state index contributed by atoms with van der Waals surface area (Å²) in [7, 11) is 0. The molecule has 1 amide bonds. The molecule has 0 saturated carbocycles. The summed E-state index contributed by atoms with van der Waals surface area (Å²) in [5.74, 6) is -0.0365. The van der Waals surface area contributed by atoms with Crippen molar-refractivity contribution in [3.63, 3.8) is 0 Å². The Kier molecular flexibility index (Phi) is 5.15. The molecular weight excluding hydrogens is 250 g/mol. The molecule has 0 aromatic heterocycles. The first-order valence-electron chi connectivity index (χ1n) is 7.42. The van der Waals surface area contributed by atoms with E-state index in [1.807, 2.05) is 12.1 Å². The lowest BCUT2D eigenvalue weighted by Gasteiger charge is -2.40. The summed E-state index contributed by atoms with van der Waals surface area (Å²) in [5, 5.41) is 2.79. The van der Waals surface area contributed by atoms with Gasteiger partial charge in [0.2, 0.25) is 5.91 Å². The van der Waals surface area contributed by atoms with Crippen LogP contribution in [0.25, 0.3) is 0 Å². The van der Waals surface area contributed by atoms with Gasteiger partial charge in [-0.1, -0.05) is 18.6 Å². The number of benzene rings is 1. The molecule has 1 fully saturated rings. The maximum Gasteiger partial charge on any atom is 0.221 e. The molecule has 1 aromatic carbocycles. The number of carbonyl (C=O) groups excluding carboxylic acids is 1. The SMILES string of the molecule is CC(=O)Nc1ccc(CN2C(C)CCCC2CN)cc1. The molecule has 3 N–H and O–H groups in total. The van der Waals surface area contributed by atoms with Gasteiger partial charge in [-0.25, -0.2) is 0 Å². The molecule has 2 rings (SSSR count). The van der Waals surface area contributed by atoms with Gasteiger partial charge in [-0.15, -0.1) is 0 Å². The van der Waals surface area contributed by atoms with Crippen LogP contribution in [-0.2, 0) is 11.3 Å². The summed E-state index contributed by atoms with van der Waals surface area (Å²) in [6.45, 7) is 5.47. The smallest absolute Gasteiger partial charge is 0.221 e. The molecule has 2 atom stereocenters. The highest BCUT2D eigenvalue weighted by Gasteiger charge is 2.26. The minimum atomic E-state index is -0.0365. The summed E-state index contributed by atoms with van der Waals surface area (Å²) in [5.41, 5.74) is 8.02.